The zero-order chi connectivity index (χ0) is 22.1. The largest absolute Gasteiger partial charge is 0.417 e. The molecule has 0 radical (unpaired) electrons. The molecule has 2 fully saturated rings. The van der Waals surface area contributed by atoms with Crippen molar-refractivity contribution in [2.24, 2.45) is 11.3 Å². The minimum atomic E-state index is -4.59. The molecule has 0 saturated carbocycles. The van der Waals surface area contributed by atoms with Crippen molar-refractivity contribution in [3.8, 4) is 6.07 Å². The lowest BCUT2D eigenvalue weighted by molar-refractivity contribution is -0.137. The first-order valence-corrected chi connectivity index (χ1v) is 10.0. The molecule has 1 aromatic rings. The Bertz CT molecular complexity index is 837. The predicted molar refractivity (Wildman–Crippen MR) is 106 cm³/mol. The zero-order valence-corrected chi connectivity index (χ0v) is 17.5. The van der Waals surface area contributed by atoms with E-state index < -0.39 is 11.7 Å². The van der Waals surface area contributed by atoms with Gasteiger partial charge in [0.05, 0.1) is 23.8 Å². The van der Waals surface area contributed by atoms with E-state index in [1.165, 1.54) is 11.0 Å². The number of benzene rings is 1. The van der Waals surface area contributed by atoms with Crippen LogP contribution < -0.4 is 4.90 Å². The van der Waals surface area contributed by atoms with Crippen LogP contribution in [0.15, 0.2) is 18.2 Å². The van der Waals surface area contributed by atoms with Gasteiger partial charge in [-0.1, -0.05) is 0 Å². The monoisotopic (exact) mass is 424 g/mol. The van der Waals surface area contributed by atoms with E-state index in [4.69, 9.17) is 10.00 Å². The Morgan fingerprint density at radius 3 is 2.70 bits per heavy atom. The number of amides is 2. The van der Waals surface area contributed by atoms with Crippen molar-refractivity contribution in [2.75, 3.05) is 58.4 Å². The summed E-state index contributed by atoms with van der Waals surface area (Å²) >= 11 is 0. The quantitative estimate of drug-likeness (QED) is 0.743. The number of ether oxygens (including phenoxy) is 1. The van der Waals surface area contributed by atoms with Gasteiger partial charge in [-0.15, -0.1) is 0 Å². The number of anilines is 1. The third-order valence-electron chi connectivity index (χ3n) is 6.11. The third kappa shape index (κ3) is 4.19. The van der Waals surface area contributed by atoms with Crippen LogP contribution >= 0.6 is 0 Å². The van der Waals surface area contributed by atoms with Gasteiger partial charge in [0.25, 0.3) is 0 Å². The minimum absolute atomic E-state index is 0.0690. The van der Waals surface area contributed by atoms with Crippen molar-refractivity contribution in [1.29, 1.82) is 5.26 Å². The van der Waals surface area contributed by atoms with Crippen molar-refractivity contribution < 1.29 is 22.7 Å². The summed E-state index contributed by atoms with van der Waals surface area (Å²) in [5.41, 5.74) is -1.20. The lowest BCUT2D eigenvalue weighted by Gasteiger charge is -2.44. The van der Waals surface area contributed by atoms with E-state index in [-0.39, 0.29) is 22.9 Å². The Kier molecular flexibility index (Phi) is 6.18. The molecule has 164 valence electrons. The number of rotatable bonds is 4. The molecule has 2 saturated heterocycles. The molecule has 2 atom stereocenters. The molecule has 0 N–H and O–H groups in total. The Morgan fingerprint density at radius 1 is 1.37 bits per heavy atom. The number of hydrogen-bond acceptors (Lipinski definition) is 4. The summed E-state index contributed by atoms with van der Waals surface area (Å²) in [7, 11) is 3.42. The molecule has 6 nitrogen and oxygen atoms in total. The first kappa shape index (κ1) is 22.2. The number of carbonyl (C=O) groups is 1. The topological polar surface area (TPSA) is 59.8 Å². The molecular formula is C21H27F3N4O2. The number of piperidine rings is 1. The van der Waals surface area contributed by atoms with Crippen molar-refractivity contribution >= 4 is 11.7 Å². The minimum Gasteiger partial charge on any atom is -0.381 e. The fourth-order valence-corrected chi connectivity index (χ4v) is 4.60. The van der Waals surface area contributed by atoms with Crippen LogP contribution in [0.1, 0.15) is 24.5 Å². The highest BCUT2D eigenvalue weighted by atomic mass is 19.4. The summed E-state index contributed by atoms with van der Waals surface area (Å²) in [5.74, 6) is 0.209. The van der Waals surface area contributed by atoms with Crippen LogP contribution in [0.5, 0.6) is 0 Å². The first-order chi connectivity index (χ1) is 14.1. The number of likely N-dealkylation sites (tertiary alicyclic amines) is 1. The molecule has 0 unspecified atom stereocenters. The fraction of sp³-hybridized carbons (Fsp3) is 0.619. The second kappa shape index (κ2) is 8.34. The maximum Gasteiger partial charge on any atom is 0.417 e. The number of halogens is 3. The van der Waals surface area contributed by atoms with Crippen LogP contribution in [0.2, 0.25) is 0 Å². The number of urea groups is 1. The van der Waals surface area contributed by atoms with Crippen LogP contribution in [0, 0.1) is 22.7 Å². The molecule has 30 heavy (non-hydrogen) atoms. The maximum absolute atomic E-state index is 13.4. The number of alkyl halides is 3. The van der Waals surface area contributed by atoms with E-state index >= 15 is 0 Å². The van der Waals surface area contributed by atoms with E-state index in [9.17, 15) is 18.0 Å². The molecule has 2 aliphatic heterocycles. The smallest absolute Gasteiger partial charge is 0.381 e. The second-order valence-electron chi connectivity index (χ2n) is 8.30. The predicted octanol–water partition coefficient (Wildman–Crippen LogP) is 3.42. The summed E-state index contributed by atoms with van der Waals surface area (Å²) < 4.78 is 46.0. The molecule has 1 aromatic carbocycles. The van der Waals surface area contributed by atoms with Gasteiger partial charge >= 0.3 is 12.2 Å². The van der Waals surface area contributed by atoms with Gasteiger partial charge in [-0.05, 0) is 37.5 Å². The van der Waals surface area contributed by atoms with Crippen molar-refractivity contribution in [3.05, 3.63) is 29.3 Å². The summed E-state index contributed by atoms with van der Waals surface area (Å²) in [6.07, 6.45) is -3.82. The van der Waals surface area contributed by atoms with Crippen LogP contribution in [0.3, 0.4) is 0 Å². The van der Waals surface area contributed by atoms with Crippen LogP contribution in [-0.2, 0) is 10.9 Å². The number of nitrogens with zero attached hydrogens (tertiary/aromatic N) is 4. The molecule has 3 rings (SSSR count). The second-order valence-corrected chi connectivity index (χ2v) is 8.30. The van der Waals surface area contributed by atoms with Gasteiger partial charge in [-0.25, -0.2) is 4.79 Å². The first-order valence-electron chi connectivity index (χ1n) is 10.0. The lowest BCUT2D eigenvalue weighted by atomic mass is 9.74. The Labute approximate surface area is 174 Å². The van der Waals surface area contributed by atoms with Gasteiger partial charge in [-0.3, -0.25) is 0 Å². The van der Waals surface area contributed by atoms with Crippen molar-refractivity contribution in [1.82, 2.24) is 9.80 Å². The summed E-state index contributed by atoms with van der Waals surface area (Å²) in [4.78, 5) is 17.8. The maximum atomic E-state index is 13.4. The number of nitriles is 1. The van der Waals surface area contributed by atoms with Crippen LogP contribution in [0.25, 0.3) is 0 Å². The van der Waals surface area contributed by atoms with E-state index in [0.29, 0.717) is 45.1 Å². The van der Waals surface area contributed by atoms with E-state index in [2.05, 4.69) is 0 Å². The molecule has 2 aliphatic rings. The van der Waals surface area contributed by atoms with Gasteiger partial charge in [0.2, 0.25) is 0 Å². The summed E-state index contributed by atoms with van der Waals surface area (Å²) in [5, 5.41) is 9.05. The Balaban J connectivity index is 1.90. The standard InChI is InChI=1S/C21H27F3N4O2/c1-4-30-14-20-12-27(19(29)26(2)3)8-7-16(20)11-28(13-20)17-6-5-15(10-25)18(9-17)21(22,23)24/h5-6,9,16H,4,7-8,11-14H2,1-3H3/t16-,20+/m0/s1. The number of carbonyl (C=O) groups excluding carboxylic acids is 1. The highest BCUT2D eigenvalue weighted by molar-refractivity contribution is 5.74. The SMILES string of the molecule is CCOC[C@]12CN(C(=O)N(C)C)CC[C@H]1CN(c1ccc(C#N)c(C(F)(F)F)c1)C2. The number of hydrogen-bond donors (Lipinski definition) is 0. The molecule has 2 heterocycles. The van der Waals surface area contributed by atoms with Gasteiger partial charge in [0, 0.05) is 58.0 Å². The molecular weight excluding hydrogens is 397 g/mol. The average Bonchev–Trinajstić information content (AvgIpc) is 3.09. The highest BCUT2D eigenvalue weighted by Gasteiger charge is 2.51. The van der Waals surface area contributed by atoms with Crippen LogP contribution in [-0.4, -0.2) is 69.3 Å². The Morgan fingerprint density at radius 2 is 2.10 bits per heavy atom. The van der Waals surface area contributed by atoms with Gasteiger partial charge < -0.3 is 19.4 Å². The van der Waals surface area contributed by atoms with Crippen molar-refractivity contribution in [3.63, 3.8) is 0 Å². The lowest BCUT2D eigenvalue weighted by Crippen LogP contribution is -2.55. The van der Waals surface area contributed by atoms with Gasteiger partial charge in [0.15, 0.2) is 0 Å². The fourth-order valence-electron chi connectivity index (χ4n) is 4.60. The number of fused-ring (bicyclic) bond motifs is 1. The zero-order valence-electron chi connectivity index (χ0n) is 17.5. The van der Waals surface area contributed by atoms with E-state index in [1.807, 2.05) is 11.8 Å². The normalized spacial score (nSPS) is 23.8. The van der Waals surface area contributed by atoms with Crippen LogP contribution in [0.4, 0.5) is 23.7 Å². The molecule has 0 spiro atoms. The van der Waals surface area contributed by atoms with Gasteiger partial charge in [-0.2, -0.15) is 18.4 Å². The molecule has 9 heteroatoms. The molecule has 0 bridgehead atoms. The molecule has 0 aliphatic carbocycles. The molecule has 2 amide bonds. The van der Waals surface area contributed by atoms with Crippen molar-refractivity contribution in [2.45, 2.75) is 19.5 Å². The summed E-state index contributed by atoms with van der Waals surface area (Å²) in [6, 6.07) is 5.43. The third-order valence-corrected chi connectivity index (χ3v) is 6.11. The Hall–Kier alpha value is -2.47. The van der Waals surface area contributed by atoms with Gasteiger partial charge in [0.1, 0.15) is 0 Å². The van der Waals surface area contributed by atoms with E-state index in [0.717, 1.165) is 12.5 Å². The van der Waals surface area contributed by atoms with E-state index in [1.54, 1.807) is 31.1 Å². The highest BCUT2D eigenvalue weighted by Crippen LogP contribution is 2.45. The average molecular weight is 424 g/mol. The summed E-state index contributed by atoms with van der Waals surface area (Å²) in [6.45, 7) is 5.10. The molecule has 0 aromatic heterocycles.